The lowest BCUT2D eigenvalue weighted by atomic mass is 10.0. The van der Waals surface area contributed by atoms with Crippen LogP contribution in [0.2, 0.25) is 0 Å². The number of carbonyl (C=O) groups excluding carboxylic acids is 1. The highest BCUT2D eigenvalue weighted by Crippen LogP contribution is 2.23. The Labute approximate surface area is 146 Å². The van der Waals surface area contributed by atoms with Gasteiger partial charge in [0, 0.05) is 13.1 Å². The minimum Gasteiger partial charge on any atom is -0.467 e. The summed E-state index contributed by atoms with van der Waals surface area (Å²) >= 11 is 0. The summed E-state index contributed by atoms with van der Waals surface area (Å²) < 4.78 is 7.45. The molecule has 1 atom stereocenters. The number of amides is 1. The van der Waals surface area contributed by atoms with Crippen molar-refractivity contribution in [3.05, 3.63) is 77.5 Å². The maximum atomic E-state index is 12.8. The van der Waals surface area contributed by atoms with E-state index in [2.05, 4.69) is 22.4 Å². The number of furan rings is 1. The van der Waals surface area contributed by atoms with Gasteiger partial charge in [0.15, 0.2) is 5.69 Å². The van der Waals surface area contributed by atoms with Gasteiger partial charge in [-0.15, -0.1) is 0 Å². The zero-order valence-electron chi connectivity index (χ0n) is 14.1. The molecule has 0 radical (unpaired) electrons. The van der Waals surface area contributed by atoms with Gasteiger partial charge in [0.2, 0.25) is 0 Å². The molecule has 4 rings (SSSR count). The third-order valence-corrected chi connectivity index (χ3v) is 4.46. The molecule has 6 heteroatoms. The summed E-state index contributed by atoms with van der Waals surface area (Å²) in [5, 5.41) is 7.51. The normalized spacial score (nSPS) is 15.6. The van der Waals surface area contributed by atoms with E-state index in [1.807, 2.05) is 53.2 Å². The molecule has 1 amide bonds. The predicted molar refractivity (Wildman–Crippen MR) is 93.0 cm³/mol. The first-order chi connectivity index (χ1) is 12.2. The van der Waals surface area contributed by atoms with Gasteiger partial charge in [0.25, 0.3) is 5.91 Å². The summed E-state index contributed by atoms with van der Waals surface area (Å²) in [6.07, 6.45) is 1.61. The van der Waals surface area contributed by atoms with Gasteiger partial charge in [-0.3, -0.25) is 14.4 Å². The fourth-order valence-corrected chi connectivity index (χ4v) is 3.13. The van der Waals surface area contributed by atoms with E-state index < -0.39 is 0 Å². The molecule has 1 aromatic carbocycles. The van der Waals surface area contributed by atoms with E-state index in [9.17, 15) is 4.79 Å². The molecule has 0 spiro atoms. The number of carbonyl (C=O) groups is 1. The Bertz CT molecular complexity index is 855. The number of hydrogen-bond acceptors (Lipinski definition) is 4. The first-order valence-corrected chi connectivity index (χ1v) is 8.35. The maximum Gasteiger partial charge on any atom is 0.272 e. The van der Waals surface area contributed by atoms with Crippen molar-refractivity contribution in [2.75, 3.05) is 13.6 Å². The second-order valence-corrected chi connectivity index (χ2v) is 6.31. The van der Waals surface area contributed by atoms with Crippen molar-refractivity contribution in [3.8, 4) is 0 Å². The van der Waals surface area contributed by atoms with E-state index >= 15 is 0 Å². The van der Waals surface area contributed by atoms with E-state index in [-0.39, 0.29) is 11.9 Å². The first kappa shape index (κ1) is 15.7. The average molecular weight is 336 g/mol. The quantitative estimate of drug-likeness (QED) is 0.795. The third kappa shape index (κ3) is 3.21. The molecule has 0 saturated heterocycles. The Kier molecular flexibility index (Phi) is 4.11. The molecule has 0 aliphatic carbocycles. The highest BCUT2D eigenvalue weighted by molar-refractivity contribution is 5.92. The zero-order valence-corrected chi connectivity index (χ0v) is 14.1. The maximum absolute atomic E-state index is 12.8. The highest BCUT2D eigenvalue weighted by atomic mass is 16.3. The van der Waals surface area contributed by atoms with Crippen LogP contribution in [-0.4, -0.2) is 34.2 Å². The van der Waals surface area contributed by atoms with E-state index in [0.717, 1.165) is 30.9 Å². The molecular formula is C19H20N4O2. The molecule has 1 aliphatic rings. The van der Waals surface area contributed by atoms with Crippen LogP contribution in [0.5, 0.6) is 0 Å². The van der Waals surface area contributed by atoms with E-state index in [0.29, 0.717) is 11.5 Å². The van der Waals surface area contributed by atoms with Crippen LogP contribution in [-0.2, 0) is 13.1 Å². The van der Waals surface area contributed by atoms with Crippen molar-refractivity contribution < 1.29 is 9.21 Å². The Morgan fingerprint density at radius 2 is 2.04 bits per heavy atom. The molecule has 128 valence electrons. The predicted octanol–water partition coefficient (Wildman–Crippen LogP) is 2.44. The lowest BCUT2D eigenvalue weighted by molar-refractivity contribution is 0.0933. The van der Waals surface area contributed by atoms with Crippen molar-refractivity contribution in [2.24, 2.45) is 0 Å². The van der Waals surface area contributed by atoms with Gasteiger partial charge < -0.3 is 9.73 Å². The standard InChI is InChI=1S/C19H20N4O2/c1-22-9-10-23-15(13-22)12-16(21-23)19(24)20-18(17-8-5-11-25-17)14-6-3-2-4-7-14/h2-8,11-12,18H,9-10,13H2,1H3,(H,20,24). The Balaban J connectivity index is 1.59. The molecule has 6 nitrogen and oxygen atoms in total. The fourth-order valence-electron chi connectivity index (χ4n) is 3.13. The Morgan fingerprint density at radius 1 is 1.20 bits per heavy atom. The number of rotatable bonds is 4. The number of hydrogen-bond donors (Lipinski definition) is 1. The van der Waals surface area contributed by atoms with E-state index in [1.54, 1.807) is 6.26 Å². The Hall–Kier alpha value is -2.86. The van der Waals surface area contributed by atoms with Crippen LogP contribution >= 0.6 is 0 Å². The number of nitrogens with one attached hydrogen (secondary N) is 1. The summed E-state index contributed by atoms with van der Waals surface area (Å²) in [4.78, 5) is 15.0. The van der Waals surface area contributed by atoms with Gasteiger partial charge in [-0.2, -0.15) is 5.10 Å². The monoisotopic (exact) mass is 336 g/mol. The van der Waals surface area contributed by atoms with Gasteiger partial charge in [0.05, 0.1) is 18.5 Å². The fraction of sp³-hybridized carbons (Fsp3) is 0.263. The average Bonchev–Trinajstić information content (AvgIpc) is 3.29. The molecule has 0 saturated carbocycles. The molecule has 1 aliphatic heterocycles. The minimum atomic E-state index is -0.342. The van der Waals surface area contributed by atoms with Crippen LogP contribution in [0, 0.1) is 0 Å². The van der Waals surface area contributed by atoms with Crippen molar-refractivity contribution in [1.82, 2.24) is 20.0 Å². The molecule has 0 bridgehead atoms. The van der Waals surface area contributed by atoms with Crippen LogP contribution in [0.15, 0.2) is 59.2 Å². The highest BCUT2D eigenvalue weighted by Gasteiger charge is 2.23. The molecule has 25 heavy (non-hydrogen) atoms. The molecule has 0 fully saturated rings. The second-order valence-electron chi connectivity index (χ2n) is 6.31. The topological polar surface area (TPSA) is 63.3 Å². The lowest BCUT2D eigenvalue weighted by Gasteiger charge is -2.22. The Morgan fingerprint density at radius 3 is 2.80 bits per heavy atom. The van der Waals surface area contributed by atoms with Crippen LogP contribution in [0.3, 0.4) is 0 Å². The molecular weight excluding hydrogens is 316 g/mol. The zero-order chi connectivity index (χ0) is 17.2. The number of nitrogens with zero attached hydrogens (tertiary/aromatic N) is 3. The van der Waals surface area contributed by atoms with Crippen LogP contribution in [0.1, 0.15) is 33.5 Å². The van der Waals surface area contributed by atoms with Gasteiger partial charge in [0.1, 0.15) is 11.8 Å². The smallest absolute Gasteiger partial charge is 0.272 e. The first-order valence-electron chi connectivity index (χ1n) is 8.35. The number of benzene rings is 1. The molecule has 3 aromatic rings. The van der Waals surface area contributed by atoms with Gasteiger partial charge in [-0.25, -0.2) is 0 Å². The van der Waals surface area contributed by atoms with Crippen molar-refractivity contribution >= 4 is 5.91 Å². The second kappa shape index (κ2) is 6.57. The van der Waals surface area contributed by atoms with Gasteiger partial charge in [-0.05, 0) is 30.8 Å². The van der Waals surface area contributed by atoms with Gasteiger partial charge >= 0.3 is 0 Å². The summed E-state index contributed by atoms with van der Waals surface area (Å²) in [5.41, 5.74) is 2.47. The molecule has 1 N–H and O–H groups in total. The van der Waals surface area contributed by atoms with Crippen molar-refractivity contribution in [1.29, 1.82) is 0 Å². The number of aromatic nitrogens is 2. The van der Waals surface area contributed by atoms with Crippen LogP contribution in [0.4, 0.5) is 0 Å². The summed E-state index contributed by atoms with van der Waals surface area (Å²) in [6, 6.07) is 15.0. The summed E-state index contributed by atoms with van der Waals surface area (Å²) in [5.74, 6) is 0.498. The molecule has 2 aromatic heterocycles. The minimum absolute atomic E-state index is 0.199. The SMILES string of the molecule is CN1CCn2nc(C(=O)NC(c3ccccc3)c3ccco3)cc2C1. The number of fused-ring (bicyclic) bond motifs is 1. The third-order valence-electron chi connectivity index (χ3n) is 4.46. The molecule has 3 heterocycles. The summed E-state index contributed by atoms with van der Waals surface area (Å²) in [7, 11) is 2.07. The van der Waals surface area contributed by atoms with Crippen molar-refractivity contribution in [2.45, 2.75) is 19.1 Å². The van der Waals surface area contributed by atoms with E-state index in [1.165, 1.54) is 0 Å². The number of likely N-dealkylation sites (N-methyl/N-ethyl adjacent to an activating group) is 1. The van der Waals surface area contributed by atoms with Crippen molar-refractivity contribution in [3.63, 3.8) is 0 Å². The largest absolute Gasteiger partial charge is 0.467 e. The summed E-state index contributed by atoms with van der Waals surface area (Å²) in [6.45, 7) is 2.55. The van der Waals surface area contributed by atoms with Crippen LogP contribution < -0.4 is 5.32 Å². The van der Waals surface area contributed by atoms with Crippen LogP contribution in [0.25, 0.3) is 0 Å². The molecule has 1 unspecified atom stereocenters. The van der Waals surface area contributed by atoms with Gasteiger partial charge in [-0.1, -0.05) is 30.3 Å². The van der Waals surface area contributed by atoms with E-state index in [4.69, 9.17) is 4.42 Å². The lowest BCUT2D eigenvalue weighted by Crippen LogP contribution is -2.31.